The molecule has 0 bridgehead atoms. The average Bonchev–Trinajstić information content (AvgIpc) is 3.07. The van der Waals surface area contributed by atoms with Gasteiger partial charge in [0, 0.05) is 11.7 Å². The van der Waals surface area contributed by atoms with Crippen LogP contribution in [0.4, 0.5) is 5.69 Å². The second kappa shape index (κ2) is 7.36. The summed E-state index contributed by atoms with van der Waals surface area (Å²) < 4.78 is 25.2. The minimum atomic E-state index is -3.29. The largest absolute Gasteiger partial charge is 0.353 e. The molecule has 1 aromatic carbocycles. The highest BCUT2D eigenvalue weighted by Crippen LogP contribution is 2.40. The maximum Gasteiger partial charge on any atom is 0.230 e. The first-order chi connectivity index (χ1) is 11.9. The summed E-state index contributed by atoms with van der Waals surface area (Å²) >= 11 is 0. The standard InChI is InChI=1S/C19H28N2O3S/c1-25(23,24)21-17-11-9-15(10-12-17)19(13-5-2-6-14-19)18(22)20-16-7-3-4-8-16/h9-12,16,21H,2-8,13-14H2,1H3,(H,20,22). The molecule has 6 heteroatoms. The molecule has 2 aliphatic carbocycles. The lowest BCUT2D eigenvalue weighted by molar-refractivity contribution is -0.128. The van der Waals surface area contributed by atoms with Crippen molar-refractivity contribution in [3.63, 3.8) is 0 Å². The quantitative estimate of drug-likeness (QED) is 0.841. The van der Waals surface area contributed by atoms with E-state index in [1.165, 1.54) is 19.3 Å². The minimum Gasteiger partial charge on any atom is -0.353 e. The van der Waals surface area contributed by atoms with Crippen LogP contribution in [0.5, 0.6) is 0 Å². The predicted octanol–water partition coefficient (Wildman–Crippen LogP) is 3.32. The van der Waals surface area contributed by atoms with Crippen LogP contribution in [-0.4, -0.2) is 26.6 Å². The zero-order chi connectivity index (χ0) is 17.9. The molecule has 5 nitrogen and oxygen atoms in total. The summed E-state index contributed by atoms with van der Waals surface area (Å²) in [4.78, 5) is 13.2. The van der Waals surface area contributed by atoms with Crippen molar-refractivity contribution in [1.82, 2.24) is 5.32 Å². The molecule has 0 spiro atoms. The average molecular weight is 365 g/mol. The number of amides is 1. The molecule has 0 unspecified atom stereocenters. The fourth-order valence-electron chi connectivity index (χ4n) is 4.27. The smallest absolute Gasteiger partial charge is 0.230 e. The van der Waals surface area contributed by atoms with Gasteiger partial charge < -0.3 is 5.32 Å². The van der Waals surface area contributed by atoms with Crippen LogP contribution < -0.4 is 10.0 Å². The van der Waals surface area contributed by atoms with E-state index in [1.807, 2.05) is 12.1 Å². The molecule has 2 saturated carbocycles. The zero-order valence-electron chi connectivity index (χ0n) is 14.9. The van der Waals surface area contributed by atoms with Gasteiger partial charge in [0.2, 0.25) is 15.9 Å². The molecule has 1 aromatic rings. The van der Waals surface area contributed by atoms with E-state index in [2.05, 4.69) is 10.0 Å². The summed E-state index contributed by atoms with van der Waals surface area (Å²) in [5.74, 6) is 0.155. The number of anilines is 1. The molecular weight excluding hydrogens is 336 g/mol. The Morgan fingerprint density at radius 2 is 1.60 bits per heavy atom. The van der Waals surface area contributed by atoms with Gasteiger partial charge in [0.05, 0.1) is 11.7 Å². The summed E-state index contributed by atoms with van der Waals surface area (Å²) in [5.41, 5.74) is 1.07. The highest BCUT2D eigenvalue weighted by Gasteiger charge is 2.41. The third-order valence-corrected chi connectivity index (χ3v) is 6.18. The Morgan fingerprint density at radius 3 is 2.16 bits per heavy atom. The first-order valence-corrected chi connectivity index (χ1v) is 11.2. The summed E-state index contributed by atoms with van der Waals surface area (Å²) in [6, 6.07) is 7.66. The normalized spacial score (nSPS) is 21.0. The molecule has 0 aromatic heterocycles. The highest BCUT2D eigenvalue weighted by atomic mass is 32.2. The number of nitrogens with one attached hydrogen (secondary N) is 2. The topological polar surface area (TPSA) is 75.3 Å². The van der Waals surface area contributed by atoms with Crippen molar-refractivity contribution in [2.45, 2.75) is 69.2 Å². The van der Waals surface area contributed by atoms with Crippen molar-refractivity contribution in [3.05, 3.63) is 29.8 Å². The molecule has 3 rings (SSSR count). The molecular formula is C19H28N2O3S. The van der Waals surface area contributed by atoms with Crippen molar-refractivity contribution in [2.24, 2.45) is 0 Å². The fraction of sp³-hybridized carbons (Fsp3) is 0.632. The van der Waals surface area contributed by atoms with E-state index >= 15 is 0 Å². The first-order valence-electron chi connectivity index (χ1n) is 9.28. The van der Waals surface area contributed by atoms with Gasteiger partial charge in [-0.05, 0) is 43.4 Å². The lowest BCUT2D eigenvalue weighted by Gasteiger charge is -2.37. The van der Waals surface area contributed by atoms with E-state index in [4.69, 9.17) is 0 Å². The van der Waals surface area contributed by atoms with E-state index in [9.17, 15) is 13.2 Å². The predicted molar refractivity (Wildman–Crippen MR) is 100 cm³/mol. The van der Waals surface area contributed by atoms with Gasteiger partial charge in [-0.2, -0.15) is 0 Å². The van der Waals surface area contributed by atoms with E-state index in [-0.39, 0.29) is 5.91 Å². The molecule has 2 N–H and O–H groups in total. The van der Waals surface area contributed by atoms with Crippen molar-refractivity contribution < 1.29 is 13.2 Å². The monoisotopic (exact) mass is 364 g/mol. The van der Waals surface area contributed by atoms with Crippen molar-refractivity contribution >= 4 is 21.6 Å². The van der Waals surface area contributed by atoms with Crippen LogP contribution in [-0.2, 0) is 20.2 Å². The number of hydrogen-bond donors (Lipinski definition) is 2. The summed E-state index contributed by atoms with van der Waals surface area (Å²) in [6.45, 7) is 0. The number of hydrogen-bond acceptors (Lipinski definition) is 3. The van der Waals surface area contributed by atoms with Gasteiger partial charge >= 0.3 is 0 Å². The van der Waals surface area contributed by atoms with Crippen LogP contribution in [0.2, 0.25) is 0 Å². The third kappa shape index (κ3) is 4.35. The van der Waals surface area contributed by atoms with Gasteiger partial charge in [-0.1, -0.05) is 44.2 Å². The van der Waals surface area contributed by atoms with Gasteiger partial charge in [-0.25, -0.2) is 8.42 Å². The molecule has 0 radical (unpaired) electrons. The first kappa shape index (κ1) is 18.2. The van der Waals surface area contributed by atoms with Crippen LogP contribution in [0.1, 0.15) is 63.4 Å². The molecule has 138 valence electrons. The van der Waals surface area contributed by atoms with Gasteiger partial charge in [-0.15, -0.1) is 0 Å². The second-order valence-corrected chi connectivity index (χ2v) is 9.30. The molecule has 25 heavy (non-hydrogen) atoms. The van der Waals surface area contributed by atoms with Crippen LogP contribution >= 0.6 is 0 Å². The Hall–Kier alpha value is -1.56. The van der Waals surface area contributed by atoms with Gasteiger partial charge in [0.1, 0.15) is 0 Å². The molecule has 2 fully saturated rings. The van der Waals surface area contributed by atoms with Crippen molar-refractivity contribution in [3.8, 4) is 0 Å². The van der Waals surface area contributed by atoms with E-state index in [0.717, 1.165) is 50.3 Å². The Labute approximate surface area is 150 Å². The van der Waals surface area contributed by atoms with Gasteiger partial charge in [0.15, 0.2) is 0 Å². The maximum atomic E-state index is 13.2. The van der Waals surface area contributed by atoms with E-state index < -0.39 is 15.4 Å². The summed E-state index contributed by atoms with van der Waals surface area (Å²) in [6.07, 6.45) is 10.7. The Kier molecular flexibility index (Phi) is 5.37. The minimum absolute atomic E-state index is 0.155. The van der Waals surface area contributed by atoms with Crippen LogP contribution in [0, 0.1) is 0 Å². The van der Waals surface area contributed by atoms with Crippen LogP contribution in [0.3, 0.4) is 0 Å². The van der Waals surface area contributed by atoms with E-state index in [1.54, 1.807) is 12.1 Å². The zero-order valence-corrected chi connectivity index (χ0v) is 15.7. The Balaban J connectivity index is 1.83. The number of carbonyl (C=O) groups is 1. The van der Waals surface area contributed by atoms with Gasteiger partial charge in [-0.3, -0.25) is 9.52 Å². The summed E-state index contributed by atoms with van der Waals surface area (Å²) in [5, 5.41) is 3.29. The lowest BCUT2D eigenvalue weighted by Crippen LogP contribution is -2.48. The number of benzene rings is 1. The second-order valence-electron chi connectivity index (χ2n) is 7.55. The highest BCUT2D eigenvalue weighted by molar-refractivity contribution is 7.92. The van der Waals surface area contributed by atoms with Crippen LogP contribution in [0.25, 0.3) is 0 Å². The van der Waals surface area contributed by atoms with Gasteiger partial charge in [0.25, 0.3) is 0 Å². The van der Waals surface area contributed by atoms with Crippen molar-refractivity contribution in [2.75, 3.05) is 11.0 Å². The van der Waals surface area contributed by atoms with Crippen molar-refractivity contribution in [1.29, 1.82) is 0 Å². The van der Waals surface area contributed by atoms with E-state index in [0.29, 0.717) is 11.7 Å². The molecule has 0 atom stereocenters. The fourth-order valence-corrected chi connectivity index (χ4v) is 4.83. The Morgan fingerprint density at radius 1 is 1.00 bits per heavy atom. The maximum absolute atomic E-state index is 13.2. The molecule has 0 saturated heterocycles. The third-order valence-electron chi connectivity index (χ3n) is 5.57. The molecule has 0 aliphatic heterocycles. The molecule has 1 amide bonds. The SMILES string of the molecule is CS(=O)(=O)Nc1ccc(C2(C(=O)NC3CCCC3)CCCCC2)cc1. The number of rotatable bonds is 5. The van der Waals surface area contributed by atoms with Crippen LogP contribution in [0.15, 0.2) is 24.3 Å². The Bertz CT molecular complexity index is 701. The number of sulfonamides is 1. The molecule has 0 heterocycles. The number of carbonyl (C=O) groups excluding carboxylic acids is 1. The lowest BCUT2D eigenvalue weighted by atomic mass is 9.68. The molecule has 2 aliphatic rings. The summed E-state index contributed by atoms with van der Waals surface area (Å²) in [7, 11) is -3.29.